The van der Waals surface area contributed by atoms with Gasteiger partial charge in [-0.1, -0.05) is 35.3 Å². The Kier molecular flexibility index (Phi) is 11.0. The van der Waals surface area contributed by atoms with Crippen molar-refractivity contribution in [2.75, 3.05) is 27.2 Å². The minimum atomic E-state index is -0.161. The SMILES string of the molecule is CN=C(NCCNC(=O)c1cccc(OC)c1)NCc1ccc(Cl)cc1Cl.I. The average molecular weight is 537 g/mol. The van der Waals surface area contributed by atoms with Crippen LogP contribution in [-0.4, -0.2) is 39.1 Å². The second-order valence-corrected chi connectivity index (χ2v) is 6.42. The average Bonchev–Trinajstić information content (AvgIpc) is 2.68. The molecular weight excluding hydrogens is 514 g/mol. The van der Waals surface area contributed by atoms with Gasteiger partial charge in [0, 0.05) is 42.3 Å². The third-order valence-corrected chi connectivity index (χ3v) is 4.31. The highest BCUT2D eigenvalue weighted by Gasteiger charge is 2.06. The van der Waals surface area contributed by atoms with Crippen molar-refractivity contribution in [1.29, 1.82) is 0 Å². The van der Waals surface area contributed by atoms with Crippen LogP contribution in [0.25, 0.3) is 0 Å². The lowest BCUT2D eigenvalue weighted by molar-refractivity contribution is 0.0954. The Hall–Kier alpha value is -1.71. The molecule has 0 fully saturated rings. The Labute approximate surface area is 192 Å². The van der Waals surface area contributed by atoms with E-state index in [2.05, 4.69) is 20.9 Å². The summed E-state index contributed by atoms with van der Waals surface area (Å²) in [6, 6.07) is 12.3. The zero-order valence-electron chi connectivity index (χ0n) is 15.6. The number of halogens is 3. The molecule has 0 aliphatic heterocycles. The Morgan fingerprint density at radius 1 is 1.07 bits per heavy atom. The normalized spacial score (nSPS) is 10.6. The molecule has 0 atom stereocenters. The van der Waals surface area contributed by atoms with Gasteiger partial charge in [0.1, 0.15) is 5.75 Å². The van der Waals surface area contributed by atoms with E-state index in [9.17, 15) is 4.79 Å². The molecule has 0 unspecified atom stereocenters. The van der Waals surface area contributed by atoms with Crippen molar-refractivity contribution in [3.05, 3.63) is 63.6 Å². The second kappa shape index (κ2) is 12.7. The van der Waals surface area contributed by atoms with Gasteiger partial charge in [0.2, 0.25) is 0 Å². The lowest BCUT2D eigenvalue weighted by atomic mass is 10.2. The molecule has 3 N–H and O–H groups in total. The molecule has 0 saturated heterocycles. The molecule has 6 nitrogen and oxygen atoms in total. The van der Waals surface area contributed by atoms with Crippen LogP contribution in [-0.2, 0) is 6.54 Å². The lowest BCUT2D eigenvalue weighted by Crippen LogP contribution is -2.41. The van der Waals surface area contributed by atoms with Crippen LogP contribution in [0, 0.1) is 0 Å². The minimum absolute atomic E-state index is 0. The first kappa shape index (κ1) is 24.3. The number of aliphatic imine (C=N–C) groups is 1. The van der Waals surface area contributed by atoms with Gasteiger partial charge in [-0.3, -0.25) is 9.79 Å². The maximum absolute atomic E-state index is 12.1. The first-order chi connectivity index (χ1) is 13.0. The number of amides is 1. The van der Waals surface area contributed by atoms with Gasteiger partial charge in [0.15, 0.2) is 5.96 Å². The third-order valence-electron chi connectivity index (χ3n) is 3.72. The lowest BCUT2D eigenvalue weighted by Gasteiger charge is -2.13. The Balaban J connectivity index is 0.00000392. The molecule has 0 radical (unpaired) electrons. The highest BCUT2D eigenvalue weighted by Crippen LogP contribution is 2.20. The van der Waals surface area contributed by atoms with E-state index in [1.54, 1.807) is 50.6 Å². The van der Waals surface area contributed by atoms with E-state index in [0.717, 1.165) is 5.56 Å². The summed E-state index contributed by atoms with van der Waals surface area (Å²) in [5.74, 6) is 1.09. The zero-order valence-corrected chi connectivity index (χ0v) is 19.4. The van der Waals surface area contributed by atoms with Crippen molar-refractivity contribution in [1.82, 2.24) is 16.0 Å². The summed E-state index contributed by atoms with van der Waals surface area (Å²) in [5, 5.41) is 10.3. The molecule has 2 aromatic rings. The second-order valence-electron chi connectivity index (χ2n) is 5.58. The molecule has 152 valence electrons. The maximum Gasteiger partial charge on any atom is 0.251 e. The number of hydrogen-bond acceptors (Lipinski definition) is 3. The van der Waals surface area contributed by atoms with Crippen molar-refractivity contribution in [3.63, 3.8) is 0 Å². The molecule has 2 aromatic carbocycles. The van der Waals surface area contributed by atoms with Crippen LogP contribution in [0.3, 0.4) is 0 Å². The highest BCUT2D eigenvalue weighted by molar-refractivity contribution is 14.0. The fourth-order valence-electron chi connectivity index (χ4n) is 2.29. The van der Waals surface area contributed by atoms with Gasteiger partial charge in [0.05, 0.1) is 7.11 Å². The molecule has 1 amide bonds. The monoisotopic (exact) mass is 536 g/mol. The van der Waals surface area contributed by atoms with Crippen LogP contribution in [0.5, 0.6) is 5.75 Å². The van der Waals surface area contributed by atoms with Gasteiger partial charge in [0.25, 0.3) is 5.91 Å². The van der Waals surface area contributed by atoms with E-state index in [1.807, 2.05) is 6.07 Å². The number of carbonyl (C=O) groups excluding carboxylic acids is 1. The summed E-state index contributed by atoms with van der Waals surface area (Å²) in [6.45, 7) is 1.47. The molecule has 2 rings (SSSR count). The number of nitrogens with one attached hydrogen (secondary N) is 3. The smallest absolute Gasteiger partial charge is 0.251 e. The number of benzene rings is 2. The number of hydrogen-bond donors (Lipinski definition) is 3. The van der Waals surface area contributed by atoms with Gasteiger partial charge in [-0.15, -0.1) is 24.0 Å². The molecule has 0 heterocycles. The van der Waals surface area contributed by atoms with Crippen molar-refractivity contribution >= 4 is 59.0 Å². The van der Waals surface area contributed by atoms with E-state index in [-0.39, 0.29) is 29.9 Å². The minimum Gasteiger partial charge on any atom is -0.497 e. The zero-order chi connectivity index (χ0) is 19.6. The van der Waals surface area contributed by atoms with Gasteiger partial charge in [-0.2, -0.15) is 0 Å². The van der Waals surface area contributed by atoms with E-state index in [0.29, 0.717) is 47.0 Å². The Morgan fingerprint density at radius 2 is 1.82 bits per heavy atom. The van der Waals surface area contributed by atoms with Crippen LogP contribution >= 0.6 is 47.2 Å². The first-order valence-electron chi connectivity index (χ1n) is 8.34. The van der Waals surface area contributed by atoms with Crippen LogP contribution < -0.4 is 20.7 Å². The van der Waals surface area contributed by atoms with E-state index < -0.39 is 0 Å². The molecular formula is C19H23Cl2IN4O2. The summed E-state index contributed by atoms with van der Waals surface area (Å²) in [4.78, 5) is 16.3. The third kappa shape index (κ3) is 7.73. The van der Waals surface area contributed by atoms with Crippen molar-refractivity contribution in [3.8, 4) is 5.75 Å². The van der Waals surface area contributed by atoms with Crippen molar-refractivity contribution < 1.29 is 9.53 Å². The quantitative estimate of drug-likeness (QED) is 0.218. The number of nitrogens with zero attached hydrogens (tertiary/aromatic N) is 1. The molecule has 0 saturated carbocycles. The summed E-state index contributed by atoms with van der Waals surface area (Å²) in [5.41, 5.74) is 1.46. The predicted molar refractivity (Wildman–Crippen MR) is 125 cm³/mol. The largest absolute Gasteiger partial charge is 0.497 e. The highest BCUT2D eigenvalue weighted by atomic mass is 127. The van der Waals surface area contributed by atoms with Gasteiger partial charge >= 0.3 is 0 Å². The fraction of sp³-hybridized carbons (Fsp3) is 0.263. The van der Waals surface area contributed by atoms with Gasteiger partial charge in [-0.05, 0) is 35.9 Å². The molecule has 0 aromatic heterocycles. The molecule has 0 bridgehead atoms. The predicted octanol–water partition coefficient (Wildman–Crippen LogP) is 3.72. The molecule has 0 aliphatic carbocycles. The van der Waals surface area contributed by atoms with E-state index in [4.69, 9.17) is 27.9 Å². The first-order valence-corrected chi connectivity index (χ1v) is 9.09. The summed E-state index contributed by atoms with van der Waals surface area (Å²) in [6.07, 6.45) is 0. The summed E-state index contributed by atoms with van der Waals surface area (Å²) >= 11 is 12.1. The fourth-order valence-corrected chi connectivity index (χ4v) is 2.76. The number of methoxy groups -OCH3 is 1. The topological polar surface area (TPSA) is 74.8 Å². The number of ether oxygens (including phenoxy) is 1. The van der Waals surface area contributed by atoms with Crippen molar-refractivity contribution in [2.45, 2.75) is 6.54 Å². The van der Waals surface area contributed by atoms with E-state index in [1.165, 1.54) is 0 Å². The summed E-state index contributed by atoms with van der Waals surface area (Å²) in [7, 11) is 3.24. The van der Waals surface area contributed by atoms with Gasteiger partial charge in [-0.25, -0.2) is 0 Å². The van der Waals surface area contributed by atoms with Crippen LogP contribution in [0.15, 0.2) is 47.5 Å². The summed E-state index contributed by atoms with van der Waals surface area (Å²) < 4.78 is 5.12. The number of rotatable bonds is 7. The molecule has 0 aliphatic rings. The standard InChI is InChI=1S/C19H22Cl2N4O2.HI/c1-22-19(25-12-14-6-7-15(20)11-17(14)21)24-9-8-23-18(26)13-4-3-5-16(10-13)27-2;/h3-7,10-11H,8-9,12H2,1-2H3,(H,23,26)(H2,22,24,25);1H. The number of carbonyl (C=O) groups is 1. The molecule has 0 spiro atoms. The van der Waals surface area contributed by atoms with Crippen LogP contribution in [0.4, 0.5) is 0 Å². The molecule has 9 heteroatoms. The Bertz CT molecular complexity index is 818. The maximum atomic E-state index is 12.1. The number of guanidine groups is 1. The van der Waals surface area contributed by atoms with Gasteiger partial charge < -0.3 is 20.7 Å². The van der Waals surface area contributed by atoms with Crippen molar-refractivity contribution in [2.24, 2.45) is 4.99 Å². The van der Waals surface area contributed by atoms with Crippen LogP contribution in [0.1, 0.15) is 15.9 Å². The Morgan fingerprint density at radius 3 is 2.50 bits per heavy atom. The van der Waals surface area contributed by atoms with E-state index >= 15 is 0 Å². The molecule has 28 heavy (non-hydrogen) atoms. The van der Waals surface area contributed by atoms with Crippen LogP contribution in [0.2, 0.25) is 10.0 Å².